The van der Waals surface area contributed by atoms with E-state index in [2.05, 4.69) is 6.92 Å². The highest BCUT2D eigenvalue weighted by Gasteiger charge is 2.04. The Labute approximate surface area is 121 Å². The SMILES string of the molecule is CCCCN(C)C(=O)/C=C\c1ccc(OCC)c(N)c1. The molecule has 0 aliphatic heterocycles. The average molecular weight is 276 g/mol. The van der Waals surface area contributed by atoms with Crippen LogP contribution in [0.3, 0.4) is 0 Å². The zero-order valence-corrected chi connectivity index (χ0v) is 12.6. The van der Waals surface area contributed by atoms with E-state index in [-0.39, 0.29) is 5.91 Å². The number of unbranched alkanes of at least 4 members (excludes halogenated alkanes) is 1. The van der Waals surface area contributed by atoms with Gasteiger partial charge in [-0.1, -0.05) is 19.4 Å². The van der Waals surface area contributed by atoms with E-state index >= 15 is 0 Å². The molecule has 0 bridgehead atoms. The molecule has 0 fully saturated rings. The largest absolute Gasteiger partial charge is 0.492 e. The van der Waals surface area contributed by atoms with Crippen LogP contribution in [0.15, 0.2) is 24.3 Å². The summed E-state index contributed by atoms with van der Waals surface area (Å²) >= 11 is 0. The van der Waals surface area contributed by atoms with Gasteiger partial charge in [-0.05, 0) is 37.1 Å². The van der Waals surface area contributed by atoms with Crippen molar-refractivity contribution in [3.05, 3.63) is 29.8 Å². The van der Waals surface area contributed by atoms with E-state index in [0.29, 0.717) is 18.0 Å². The molecular formula is C16H24N2O2. The molecule has 0 radical (unpaired) electrons. The maximum Gasteiger partial charge on any atom is 0.246 e. The third-order valence-electron chi connectivity index (χ3n) is 2.98. The Morgan fingerprint density at radius 2 is 2.15 bits per heavy atom. The third kappa shape index (κ3) is 4.96. The molecule has 0 saturated carbocycles. The molecule has 0 aromatic heterocycles. The van der Waals surface area contributed by atoms with Crippen molar-refractivity contribution in [1.29, 1.82) is 0 Å². The van der Waals surface area contributed by atoms with Gasteiger partial charge in [0.05, 0.1) is 12.3 Å². The molecule has 20 heavy (non-hydrogen) atoms. The minimum Gasteiger partial charge on any atom is -0.492 e. The Kier molecular flexibility index (Phi) is 6.64. The number of hydrogen-bond donors (Lipinski definition) is 1. The molecule has 0 heterocycles. The van der Waals surface area contributed by atoms with Gasteiger partial charge in [0.2, 0.25) is 5.91 Å². The molecule has 1 amide bonds. The summed E-state index contributed by atoms with van der Waals surface area (Å²) in [5.74, 6) is 0.682. The van der Waals surface area contributed by atoms with Gasteiger partial charge in [-0.25, -0.2) is 0 Å². The monoisotopic (exact) mass is 276 g/mol. The number of nitrogens with zero attached hydrogens (tertiary/aromatic N) is 1. The number of amides is 1. The standard InChI is InChI=1S/C16H24N2O2/c1-4-6-11-18(3)16(19)10-8-13-7-9-15(20-5-2)14(17)12-13/h7-10,12H,4-6,11,17H2,1-3H3/b10-8-. The van der Waals surface area contributed by atoms with Crippen molar-refractivity contribution in [2.24, 2.45) is 0 Å². The smallest absolute Gasteiger partial charge is 0.246 e. The topological polar surface area (TPSA) is 55.6 Å². The Hall–Kier alpha value is -1.97. The van der Waals surface area contributed by atoms with Crippen LogP contribution in [0.25, 0.3) is 6.08 Å². The summed E-state index contributed by atoms with van der Waals surface area (Å²) < 4.78 is 5.38. The van der Waals surface area contributed by atoms with Crippen LogP contribution in [0.4, 0.5) is 5.69 Å². The number of likely N-dealkylation sites (N-methyl/N-ethyl adjacent to an activating group) is 1. The minimum atomic E-state index is 0.00547. The van der Waals surface area contributed by atoms with Crippen molar-refractivity contribution < 1.29 is 9.53 Å². The minimum absolute atomic E-state index is 0.00547. The maximum absolute atomic E-state index is 11.9. The summed E-state index contributed by atoms with van der Waals surface area (Å²) in [6.07, 6.45) is 5.45. The normalized spacial score (nSPS) is 10.8. The highest BCUT2D eigenvalue weighted by atomic mass is 16.5. The molecule has 110 valence electrons. The lowest BCUT2D eigenvalue weighted by Gasteiger charge is -2.14. The van der Waals surface area contributed by atoms with E-state index in [1.807, 2.05) is 26.1 Å². The number of ether oxygens (including phenoxy) is 1. The molecule has 4 heteroatoms. The lowest BCUT2D eigenvalue weighted by Crippen LogP contribution is -2.25. The van der Waals surface area contributed by atoms with Crippen molar-refractivity contribution >= 4 is 17.7 Å². The van der Waals surface area contributed by atoms with Crippen LogP contribution < -0.4 is 10.5 Å². The predicted octanol–water partition coefficient (Wildman–Crippen LogP) is 2.94. The predicted molar refractivity (Wildman–Crippen MR) is 83.6 cm³/mol. The van der Waals surface area contributed by atoms with E-state index in [1.54, 1.807) is 23.1 Å². The van der Waals surface area contributed by atoms with Gasteiger partial charge >= 0.3 is 0 Å². The molecule has 0 spiro atoms. The molecule has 0 atom stereocenters. The van der Waals surface area contributed by atoms with E-state index in [4.69, 9.17) is 10.5 Å². The second-order valence-electron chi connectivity index (χ2n) is 4.68. The van der Waals surface area contributed by atoms with Gasteiger partial charge < -0.3 is 15.4 Å². The number of rotatable bonds is 7. The Morgan fingerprint density at radius 3 is 2.75 bits per heavy atom. The molecule has 0 saturated heterocycles. The van der Waals surface area contributed by atoms with Crippen molar-refractivity contribution in [2.75, 3.05) is 25.9 Å². The van der Waals surface area contributed by atoms with Crippen LogP contribution >= 0.6 is 0 Å². The molecule has 2 N–H and O–H groups in total. The van der Waals surface area contributed by atoms with Gasteiger partial charge in [0, 0.05) is 19.7 Å². The van der Waals surface area contributed by atoms with Crippen LogP contribution in [0, 0.1) is 0 Å². The second kappa shape index (κ2) is 8.25. The second-order valence-corrected chi connectivity index (χ2v) is 4.68. The fourth-order valence-electron chi connectivity index (χ4n) is 1.76. The molecule has 4 nitrogen and oxygen atoms in total. The van der Waals surface area contributed by atoms with Crippen molar-refractivity contribution in [3.8, 4) is 5.75 Å². The van der Waals surface area contributed by atoms with Crippen LogP contribution in [-0.2, 0) is 4.79 Å². The fraction of sp³-hybridized carbons (Fsp3) is 0.438. The molecule has 1 aromatic rings. The van der Waals surface area contributed by atoms with Crippen LogP contribution in [0.2, 0.25) is 0 Å². The molecule has 1 aromatic carbocycles. The highest BCUT2D eigenvalue weighted by molar-refractivity contribution is 5.91. The van der Waals surface area contributed by atoms with E-state index in [0.717, 1.165) is 24.9 Å². The summed E-state index contributed by atoms with van der Waals surface area (Å²) in [5.41, 5.74) is 7.36. The van der Waals surface area contributed by atoms with E-state index in [1.165, 1.54) is 0 Å². The van der Waals surface area contributed by atoms with Crippen LogP contribution in [0.1, 0.15) is 32.3 Å². The zero-order chi connectivity index (χ0) is 15.0. The van der Waals surface area contributed by atoms with Gasteiger partial charge in [-0.15, -0.1) is 0 Å². The maximum atomic E-state index is 11.9. The number of anilines is 1. The molecule has 0 unspecified atom stereocenters. The number of hydrogen-bond acceptors (Lipinski definition) is 3. The number of carbonyl (C=O) groups is 1. The Morgan fingerprint density at radius 1 is 1.40 bits per heavy atom. The Bertz CT molecular complexity index is 470. The summed E-state index contributed by atoms with van der Waals surface area (Å²) in [6, 6.07) is 5.52. The first-order valence-electron chi connectivity index (χ1n) is 7.04. The number of benzene rings is 1. The lowest BCUT2D eigenvalue weighted by molar-refractivity contribution is -0.124. The fourth-order valence-corrected chi connectivity index (χ4v) is 1.76. The summed E-state index contributed by atoms with van der Waals surface area (Å²) in [5, 5.41) is 0. The van der Waals surface area contributed by atoms with Crippen molar-refractivity contribution in [2.45, 2.75) is 26.7 Å². The van der Waals surface area contributed by atoms with Crippen molar-refractivity contribution in [3.63, 3.8) is 0 Å². The van der Waals surface area contributed by atoms with Gasteiger partial charge in [-0.2, -0.15) is 0 Å². The molecule has 0 aliphatic carbocycles. The highest BCUT2D eigenvalue weighted by Crippen LogP contribution is 2.23. The summed E-state index contributed by atoms with van der Waals surface area (Å²) in [7, 11) is 1.81. The number of carbonyl (C=O) groups excluding carboxylic acids is 1. The van der Waals surface area contributed by atoms with Gasteiger partial charge in [0.1, 0.15) is 5.75 Å². The van der Waals surface area contributed by atoms with Gasteiger partial charge in [0.25, 0.3) is 0 Å². The first-order valence-corrected chi connectivity index (χ1v) is 7.04. The summed E-state index contributed by atoms with van der Waals surface area (Å²) in [4.78, 5) is 13.6. The molecule has 1 rings (SSSR count). The van der Waals surface area contributed by atoms with E-state index in [9.17, 15) is 4.79 Å². The zero-order valence-electron chi connectivity index (χ0n) is 12.6. The molecular weight excluding hydrogens is 252 g/mol. The number of nitrogen functional groups attached to an aromatic ring is 1. The third-order valence-corrected chi connectivity index (χ3v) is 2.98. The van der Waals surface area contributed by atoms with Gasteiger partial charge in [0.15, 0.2) is 0 Å². The lowest BCUT2D eigenvalue weighted by atomic mass is 10.1. The van der Waals surface area contributed by atoms with E-state index < -0.39 is 0 Å². The van der Waals surface area contributed by atoms with Crippen LogP contribution in [0.5, 0.6) is 5.75 Å². The molecule has 0 aliphatic rings. The Balaban J connectivity index is 2.65. The quantitative estimate of drug-likeness (QED) is 0.615. The van der Waals surface area contributed by atoms with Gasteiger partial charge in [-0.3, -0.25) is 4.79 Å². The van der Waals surface area contributed by atoms with Crippen LogP contribution in [-0.4, -0.2) is 31.0 Å². The summed E-state index contributed by atoms with van der Waals surface area (Å²) in [6.45, 7) is 5.39. The first kappa shape index (κ1) is 16.1. The average Bonchev–Trinajstić information content (AvgIpc) is 2.44. The number of nitrogens with two attached hydrogens (primary N) is 1. The van der Waals surface area contributed by atoms with Crippen molar-refractivity contribution in [1.82, 2.24) is 4.90 Å². The first-order chi connectivity index (χ1) is 9.58.